The van der Waals surface area contributed by atoms with Gasteiger partial charge >= 0.3 is 12.2 Å². The fourth-order valence-corrected chi connectivity index (χ4v) is 2.18. The van der Waals surface area contributed by atoms with Crippen molar-refractivity contribution in [2.75, 3.05) is 16.0 Å². The van der Waals surface area contributed by atoms with Gasteiger partial charge in [0, 0.05) is 24.0 Å². The van der Waals surface area contributed by atoms with Gasteiger partial charge in [0.2, 0.25) is 5.91 Å². The molecular formula is C16H13ClF3N3O2. The SMILES string of the molecule is CC(=O)Nc1ccc(NC(=O)Nc2ccc(Cl)c(C(F)(F)F)c2)cc1. The molecule has 2 aromatic rings. The molecule has 2 aromatic carbocycles. The molecule has 0 bridgehead atoms. The van der Waals surface area contributed by atoms with Gasteiger partial charge in [0.05, 0.1) is 10.6 Å². The third kappa shape index (κ3) is 5.39. The lowest BCUT2D eigenvalue weighted by Gasteiger charge is -2.12. The van der Waals surface area contributed by atoms with E-state index in [1.165, 1.54) is 25.1 Å². The first-order chi connectivity index (χ1) is 11.6. The van der Waals surface area contributed by atoms with Crippen molar-refractivity contribution in [1.82, 2.24) is 0 Å². The van der Waals surface area contributed by atoms with Crippen molar-refractivity contribution >= 4 is 40.6 Å². The number of carbonyl (C=O) groups is 2. The standard InChI is InChI=1S/C16H13ClF3N3O2/c1-9(24)21-10-2-4-11(5-3-10)22-15(25)23-12-6-7-14(17)13(8-12)16(18,19)20/h2-8H,1H3,(H,21,24)(H2,22,23,25). The maximum Gasteiger partial charge on any atom is 0.417 e. The van der Waals surface area contributed by atoms with Crippen LogP contribution in [0.25, 0.3) is 0 Å². The van der Waals surface area contributed by atoms with Gasteiger partial charge in [-0.1, -0.05) is 11.6 Å². The molecule has 0 fully saturated rings. The van der Waals surface area contributed by atoms with E-state index in [4.69, 9.17) is 11.6 Å². The van der Waals surface area contributed by atoms with E-state index in [2.05, 4.69) is 16.0 Å². The summed E-state index contributed by atoms with van der Waals surface area (Å²) in [7, 11) is 0. The zero-order valence-electron chi connectivity index (χ0n) is 12.9. The van der Waals surface area contributed by atoms with Crippen molar-refractivity contribution in [3.63, 3.8) is 0 Å². The van der Waals surface area contributed by atoms with Crippen LogP contribution in [-0.4, -0.2) is 11.9 Å². The van der Waals surface area contributed by atoms with Crippen molar-refractivity contribution in [2.45, 2.75) is 13.1 Å². The number of benzene rings is 2. The molecule has 9 heteroatoms. The zero-order valence-corrected chi connectivity index (χ0v) is 13.6. The van der Waals surface area contributed by atoms with Crippen LogP contribution in [0, 0.1) is 0 Å². The summed E-state index contributed by atoms with van der Waals surface area (Å²) in [5.74, 6) is -0.235. The van der Waals surface area contributed by atoms with Crippen LogP contribution >= 0.6 is 11.6 Å². The molecule has 0 aromatic heterocycles. The Labute approximate surface area is 146 Å². The minimum absolute atomic E-state index is 0.0518. The summed E-state index contributed by atoms with van der Waals surface area (Å²) in [6, 6.07) is 8.56. The normalized spacial score (nSPS) is 10.9. The predicted octanol–water partition coefficient (Wildman–Crippen LogP) is 4.96. The Hall–Kier alpha value is -2.74. The Morgan fingerprint density at radius 2 is 1.36 bits per heavy atom. The summed E-state index contributed by atoms with van der Waals surface area (Å²) < 4.78 is 38.4. The number of amides is 3. The number of alkyl halides is 3. The Morgan fingerprint density at radius 1 is 0.880 bits per heavy atom. The minimum atomic E-state index is -4.62. The number of hydrogen-bond acceptors (Lipinski definition) is 2. The van der Waals surface area contributed by atoms with Crippen LogP contribution in [0.4, 0.5) is 35.0 Å². The molecule has 0 unspecified atom stereocenters. The Morgan fingerprint density at radius 3 is 1.88 bits per heavy atom. The van der Waals surface area contributed by atoms with Gasteiger partial charge in [-0.2, -0.15) is 13.2 Å². The number of halogens is 4. The summed E-state index contributed by atoms with van der Waals surface area (Å²) in [6.45, 7) is 1.36. The average Bonchev–Trinajstić information content (AvgIpc) is 2.49. The first kappa shape index (κ1) is 18.6. The number of urea groups is 1. The quantitative estimate of drug-likeness (QED) is 0.713. The van der Waals surface area contributed by atoms with Gasteiger partial charge in [0.25, 0.3) is 0 Å². The van der Waals surface area contributed by atoms with Gasteiger partial charge in [-0.05, 0) is 42.5 Å². The van der Waals surface area contributed by atoms with Crippen LogP contribution in [0.1, 0.15) is 12.5 Å². The van der Waals surface area contributed by atoms with Crippen LogP contribution < -0.4 is 16.0 Å². The van der Waals surface area contributed by atoms with E-state index in [0.29, 0.717) is 11.4 Å². The van der Waals surface area contributed by atoms with Crippen LogP contribution in [0.2, 0.25) is 5.02 Å². The molecule has 25 heavy (non-hydrogen) atoms. The molecule has 0 aliphatic heterocycles. The second-order valence-corrected chi connectivity index (χ2v) is 5.44. The van der Waals surface area contributed by atoms with Crippen LogP contribution in [0.15, 0.2) is 42.5 Å². The van der Waals surface area contributed by atoms with Crippen molar-refractivity contribution in [1.29, 1.82) is 0 Å². The van der Waals surface area contributed by atoms with Crippen LogP contribution in [0.5, 0.6) is 0 Å². The van der Waals surface area contributed by atoms with E-state index in [0.717, 1.165) is 12.1 Å². The minimum Gasteiger partial charge on any atom is -0.326 e. The number of nitrogens with one attached hydrogen (secondary N) is 3. The fourth-order valence-electron chi connectivity index (χ4n) is 1.95. The lowest BCUT2D eigenvalue weighted by Crippen LogP contribution is -2.20. The lowest BCUT2D eigenvalue weighted by atomic mass is 10.2. The van der Waals surface area contributed by atoms with E-state index in [1.807, 2.05) is 0 Å². The van der Waals surface area contributed by atoms with Gasteiger partial charge in [-0.25, -0.2) is 4.79 Å². The van der Waals surface area contributed by atoms with Crippen molar-refractivity contribution in [2.24, 2.45) is 0 Å². The highest BCUT2D eigenvalue weighted by Crippen LogP contribution is 2.36. The molecule has 3 N–H and O–H groups in total. The molecule has 0 saturated heterocycles. The highest BCUT2D eigenvalue weighted by Gasteiger charge is 2.33. The Balaban J connectivity index is 2.04. The molecule has 0 radical (unpaired) electrons. The summed E-state index contributed by atoms with van der Waals surface area (Å²) in [5, 5.41) is 6.88. The van der Waals surface area contributed by atoms with Gasteiger partial charge in [0.1, 0.15) is 0 Å². The highest BCUT2D eigenvalue weighted by molar-refractivity contribution is 6.31. The molecule has 132 valence electrons. The third-order valence-corrected chi connectivity index (χ3v) is 3.32. The van der Waals surface area contributed by atoms with E-state index in [1.54, 1.807) is 12.1 Å². The fraction of sp³-hybridized carbons (Fsp3) is 0.125. The van der Waals surface area contributed by atoms with Crippen molar-refractivity contribution in [3.05, 3.63) is 53.1 Å². The third-order valence-electron chi connectivity index (χ3n) is 2.99. The average molecular weight is 372 g/mol. The summed E-state index contributed by atoms with van der Waals surface area (Å²) in [6.07, 6.45) is -4.62. The van der Waals surface area contributed by atoms with Crippen LogP contribution in [0.3, 0.4) is 0 Å². The van der Waals surface area contributed by atoms with Gasteiger partial charge in [0.15, 0.2) is 0 Å². The number of carbonyl (C=O) groups excluding carboxylic acids is 2. The Kier molecular flexibility index (Phi) is 5.53. The molecule has 5 nitrogen and oxygen atoms in total. The van der Waals surface area contributed by atoms with Gasteiger partial charge in [-0.3, -0.25) is 4.79 Å². The molecule has 0 aliphatic rings. The van der Waals surface area contributed by atoms with Crippen molar-refractivity contribution in [3.8, 4) is 0 Å². The topological polar surface area (TPSA) is 70.2 Å². The largest absolute Gasteiger partial charge is 0.417 e. The summed E-state index contributed by atoms with van der Waals surface area (Å²) in [5.41, 5.74) is -0.140. The maximum absolute atomic E-state index is 12.8. The number of hydrogen-bond donors (Lipinski definition) is 3. The zero-order chi connectivity index (χ0) is 18.6. The highest BCUT2D eigenvalue weighted by atomic mass is 35.5. The Bertz CT molecular complexity index is 792. The van der Waals surface area contributed by atoms with E-state index in [-0.39, 0.29) is 11.6 Å². The maximum atomic E-state index is 12.8. The molecule has 0 saturated carbocycles. The van der Waals surface area contributed by atoms with Gasteiger partial charge < -0.3 is 16.0 Å². The second kappa shape index (κ2) is 7.43. The first-order valence-electron chi connectivity index (χ1n) is 6.97. The van der Waals surface area contributed by atoms with Gasteiger partial charge in [-0.15, -0.1) is 0 Å². The van der Waals surface area contributed by atoms with E-state index < -0.39 is 22.8 Å². The number of anilines is 3. The monoisotopic (exact) mass is 371 g/mol. The first-order valence-corrected chi connectivity index (χ1v) is 7.35. The van der Waals surface area contributed by atoms with Crippen molar-refractivity contribution < 1.29 is 22.8 Å². The van der Waals surface area contributed by atoms with Crippen LogP contribution in [-0.2, 0) is 11.0 Å². The molecule has 0 spiro atoms. The molecule has 3 amide bonds. The molecular weight excluding hydrogens is 359 g/mol. The lowest BCUT2D eigenvalue weighted by molar-refractivity contribution is -0.137. The molecule has 0 heterocycles. The number of rotatable bonds is 3. The second-order valence-electron chi connectivity index (χ2n) is 5.03. The summed E-state index contributed by atoms with van der Waals surface area (Å²) in [4.78, 5) is 22.8. The molecule has 0 atom stereocenters. The molecule has 2 rings (SSSR count). The summed E-state index contributed by atoms with van der Waals surface area (Å²) >= 11 is 5.52. The van der Waals surface area contributed by atoms with E-state index >= 15 is 0 Å². The predicted molar refractivity (Wildman–Crippen MR) is 89.8 cm³/mol. The van der Waals surface area contributed by atoms with E-state index in [9.17, 15) is 22.8 Å². The smallest absolute Gasteiger partial charge is 0.326 e. The molecule has 0 aliphatic carbocycles.